The van der Waals surface area contributed by atoms with Crippen LogP contribution in [0.25, 0.3) is 6.08 Å². The Hall–Kier alpha value is -3.13. The first-order chi connectivity index (χ1) is 13.5. The number of amides is 1. The second kappa shape index (κ2) is 10.9. The van der Waals surface area contributed by atoms with Crippen LogP contribution < -0.4 is 14.8 Å². The summed E-state index contributed by atoms with van der Waals surface area (Å²) in [5.74, 6) is 0.483. The Morgan fingerprint density at radius 2 is 2.14 bits per heavy atom. The van der Waals surface area contributed by atoms with Crippen LogP contribution in [-0.2, 0) is 20.7 Å². The molecule has 2 aromatic rings. The molecule has 0 unspecified atom stereocenters. The Balaban J connectivity index is 1.95. The Bertz CT molecular complexity index is 860. The number of nitrogens with one attached hydrogen (secondary N) is 1. The molecule has 0 radical (unpaired) electrons. The highest BCUT2D eigenvalue weighted by Crippen LogP contribution is 2.28. The van der Waals surface area contributed by atoms with Gasteiger partial charge in [0.2, 0.25) is 5.91 Å². The first-order valence-electron chi connectivity index (χ1n) is 8.56. The molecule has 28 heavy (non-hydrogen) atoms. The lowest BCUT2D eigenvalue weighted by Crippen LogP contribution is -2.09. The maximum atomic E-state index is 12.1. The molecule has 0 saturated carbocycles. The van der Waals surface area contributed by atoms with E-state index in [0.717, 1.165) is 5.56 Å². The molecule has 148 valence electrons. The number of methoxy groups -OCH3 is 1. The van der Waals surface area contributed by atoms with Gasteiger partial charge in [-0.3, -0.25) is 14.9 Å². The number of nitrogens with zero attached hydrogens (tertiary/aromatic N) is 1. The zero-order valence-electron chi connectivity index (χ0n) is 15.8. The number of benzene rings is 1. The SMILES string of the molecule is C=CCOc1ccc(/C=C/C(=O)Nc2nc(CC(=O)OCC)cs2)cc1OC. The molecule has 0 saturated heterocycles. The molecule has 0 aliphatic rings. The van der Waals surface area contributed by atoms with E-state index in [0.29, 0.717) is 35.5 Å². The molecule has 0 atom stereocenters. The lowest BCUT2D eigenvalue weighted by atomic mass is 10.2. The number of carbonyl (C=O) groups excluding carboxylic acids is 2. The molecule has 0 aliphatic carbocycles. The van der Waals surface area contributed by atoms with Crippen molar-refractivity contribution in [3.8, 4) is 11.5 Å². The highest BCUT2D eigenvalue weighted by molar-refractivity contribution is 7.14. The number of hydrogen-bond acceptors (Lipinski definition) is 7. The molecule has 1 heterocycles. The van der Waals surface area contributed by atoms with Gasteiger partial charge in [-0.1, -0.05) is 18.7 Å². The van der Waals surface area contributed by atoms with Crippen molar-refractivity contribution in [2.75, 3.05) is 25.6 Å². The second-order valence-electron chi connectivity index (χ2n) is 5.46. The monoisotopic (exact) mass is 402 g/mol. The smallest absolute Gasteiger partial charge is 0.311 e. The largest absolute Gasteiger partial charge is 0.493 e. The van der Waals surface area contributed by atoms with E-state index < -0.39 is 0 Å². The van der Waals surface area contributed by atoms with Crippen LogP contribution >= 0.6 is 11.3 Å². The normalized spacial score (nSPS) is 10.5. The van der Waals surface area contributed by atoms with Crippen LogP contribution in [0.15, 0.2) is 42.3 Å². The Kier molecular flexibility index (Phi) is 8.23. The van der Waals surface area contributed by atoms with Crippen LogP contribution in [0.4, 0.5) is 5.13 Å². The number of thiazole rings is 1. The predicted octanol–water partition coefficient (Wildman–Crippen LogP) is 3.47. The summed E-state index contributed by atoms with van der Waals surface area (Å²) in [5.41, 5.74) is 1.34. The summed E-state index contributed by atoms with van der Waals surface area (Å²) in [6.45, 7) is 6.05. The highest BCUT2D eigenvalue weighted by atomic mass is 32.1. The molecule has 1 aromatic heterocycles. The minimum Gasteiger partial charge on any atom is -0.493 e. The van der Waals surface area contributed by atoms with E-state index in [1.54, 1.807) is 43.7 Å². The van der Waals surface area contributed by atoms with Crippen molar-refractivity contribution in [1.29, 1.82) is 0 Å². The van der Waals surface area contributed by atoms with Crippen LogP contribution in [-0.4, -0.2) is 37.2 Å². The summed E-state index contributed by atoms with van der Waals surface area (Å²) in [5, 5.41) is 4.80. The van der Waals surface area contributed by atoms with Gasteiger partial charge in [-0.25, -0.2) is 4.98 Å². The van der Waals surface area contributed by atoms with Gasteiger partial charge in [0.25, 0.3) is 0 Å². The molecule has 2 rings (SSSR count). The van der Waals surface area contributed by atoms with E-state index in [2.05, 4.69) is 16.9 Å². The van der Waals surface area contributed by atoms with Crippen LogP contribution in [0.1, 0.15) is 18.2 Å². The van der Waals surface area contributed by atoms with Gasteiger partial charge in [0.15, 0.2) is 16.6 Å². The maximum Gasteiger partial charge on any atom is 0.311 e. The quantitative estimate of drug-likeness (QED) is 0.372. The minimum absolute atomic E-state index is 0.0795. The van der Waals surface area contributed by atoms with Crippen LogP contribution in [0, 0.1) is 0 Å². The number of esters is 1. The molecule has 1 aromatic carbocycles. The van der Waals surface area contributed by atoms with E-state index in [1.165, 1.54) is 17.4 Å². The van der Waals surface area contributed by atoms with E-state index in [9.17, 15) is 9.59 Å². The molecule has 0 fully saturated rings. The number of rotatable bonds is 10. The van der Waals surface area contributed by atoms with Gasteiger partial charge in [0.05, 0.1) is 25.8 Å². The maximum absolute atomic E-state index is 12.1. The first-order valence-corrected chi connectivity index (χ1v) is 9.44. The number of hydrogen-bond donors (Lipinski definition) is 1. The highest BCUT2D eigenvalue weighted by Gasteiger charge is 2.09. The van der Waals surface area contributed by atoms with Gasteiger partial charge >= 0.3 is 5.97 Å². The van der Waals surface area contributed by atoms with Gasteiger partial charge in [-0.15, -0.1) is 11.3 Å². The molecule has 1 N–H and O–H groups in total. The average Bonchev–Trinajstić information content (AvgIpc) is 3.11. The number of carbonyl (C=O) groups is 2. The summed E-state index contributed by atoms with van der Waals surface area (Å²) in [6, 6.07) is 5.34. The van der Waals surface area contributed by atoms with Crippen LogP contribution in [0.3, 0.4) is 0 Å². The van der Waals surface area contributed by atoms with Gasteiger partial charge in [-0.05, 0) is 30.7 Å². The summed E-state index contributed by atoms with van der Waals surface area (Å²) >= 11 is 1.25. The molecule has 0 bridgehead atoms. The van der Waals surface area contributed by atoms with Crippen LogP contribution in [0.2, 0.25) is 0 Å². The third kappa shape index (κ3) is 6.55. The summed E-state index contributed by atoms with van der Waals surface area (Å²) in [4.78, 5) is 27.8. The van der Waals surface area contributed by atoms with E-state index in [1.807, 2.05) is 6.07 Å². The standard InChI is InChI=1S/C20H22N2O5S/c1-4-10-27-16-8-6-14(11-17(16)25-3)7-9-18(23)22-20-21-15(13-28-20)12-19(24)26-5-2/h4,6-9,11,13H,1,5,10,12H2,2-3H3,(H,21,22,23)/b9-7+. The summed E-state index contributed by atoms with van der Waals surface area (Å²) < 4.78 is 15.7. The van der Waals surface area contributed by atoms with Crippen molar-refractivity contribution in [3.63, 3.8) is 0 Å². The Labute approximate surface area is 167 Å². The zero-order valence-corrected chi connectivity index (χ0v) is 16.6. The van der Waals surface area contributed by atoms with Crippen molar-refractivity contribution in [3.05, 3.63) is 53.6 Å². The van der Waals surface area contributed by atoms with Crippen molar-refractivity contribution in [2.24, 2.45) is 0 Å². The number of aromatic nitrogens is 1. The van der Waals surface area contributed by atoms with Gasteiger partial charge in [0.1, 0.15) is 6.61 Å². The third-order valence-corrected chi connectivity index (χ3v) is 4.19. The van der Waals surface area contributed by atoms with Crippen LogP contribution in [0.5, 0.6) is 11.5 Å². The molecule has 8 heteroatoms. The number of anilines is 1. The third-order valence-electron chi connectivity index (χ3n) is 3.38. The summed E-state index contributed by atoms with van der Waals surface area (Å²) in [6.07, 6.45) is 4.78. The lowest BCUT2D eigenvalue weighted by Gasteiger charge is -2.09. The molecule has 0 aliphatic heterocycles. The predicted molar refractivity (Wildman–Crippen MR) is 109 cm³/mol. The summed E-state index contributed by atoms with van der Waals surface area (Å²) in [7, 11) is 1.55. The zero-order chi connectivity index (χ0) is 20.4. The van der Waals surface area contributed by atoms with Crippen molar-refractivity contribution < 1.29 is 23.8 Å². The van der Waals surface area contributed by atoms with Gasteiger partial charge < -0.3 is 14.2 Å². The fourth-order valence-electron chi connectivity index (χ4n) is 2.18. The molecule has 1 amide bonds. The second-order valence-corrected chi connectivity index (χ2v) is 6.32. The Morgan fingerprint density at radius 1 is 1.32 bits per heavy atom. The molecule has 7 nitrogen and oxygen atoms in total. The fourth-order valence-corrected chi connectivity index (χ4v) is 2.89. The van der Waals surface area contributed by atoms with Crippen molar-refractivity contribution >= 4 is 34.4 Å². The average molecular weight is 402 g/mol. The van der Waals surface area contributed by atoms with Crippen molar-refractivity contribution in [1.82, 2.24) is 4.98 Å². The molecular formula is C20H22N2O5S. The van der Waals surface area contributed by atoms with E-state index in [-0.39, 0.29) is 18.3 Å². The Morgan fingerprint density at radius 3 is 2.86 bits per heavy atom. The topological polar surface area (TPSA) is 86.8 Å². The fraction of sp³-hybridized carbons (Fsp3) is 0.250. The molecular weight excluding hydrogens is 380 g/mol. The van der Waals surface area contributed by atoms with Gasteiger partial charge in [-0.2, -0.15) is 0 Å². The van der Waals surface area contributed by atoms with E-state index in [4.69, 9.17) is 14.2 Å². The first kappa shape index (κ1) is 21.2. The van der Waals surface area contributed by atoms with E-state index >= 15 is 0 Å². The van der Waals surface area contributed by atoms with Gasteiger partial charge in [0, 0.05) is 11.5 Å². The minimum atomic E-state index is -0.347. The lowest BCUT2D eigenvalue weighted by molar-refractivity contribution is -0.142. The number of ether oxygens (including phenoxy) is 3. The molecule has 0 spiro atoms. The van der Waals surface area contributed by atoms with Crippen molar-refractivity contribution in [2.45, 2.75) is 13.3 Å².